The first-order chi connectivity index (χ1) is 11.3. The Bertz CT molecular complexity index is 657. The standard InChI is InChI=1S/C14H18O9S/c1-3-10(15)21-7-11(16)19-4-5-20-12-8-6-9-14(2,22-8)13(12)23-24(9,17)18/h3,8-9,12-13H,1,4-7H2,2H3. The third kappa shape index (κ3) is 2.83. The summed E-state index contributed by atoms with van der Waals surface area (Å²) in [4.78, 5) is 22.1. The molecule has 0 spiro atoms. The van der Waals surface area contributed by atoms with Crippen LogP contribution in [0.5, 0.6) is 0 Å². The molecule has 24 heavy (non-hydrogen) atoms. The molecule has 5 unspecified atom stereocenters. The number of ether oxygens (including phenoxy) is 4. The molecule has 9 nitrogen and oxygen atoms in total. The van der Waals surface area contributed by atoms with Crippen molar-refractivity contribution in [2.75, 3.05) is 19.8 Å². The van der Waals surface area contributed by atoms with Gasteiger partial charge < -0.3 is 18.9 Å². The highest BCUT2D eigenvalue weighted by Gasteiger charge is 2.73. The van der Waals surface area contributed by atoms with E-state index in [4.69, 9.17) is 18.4 Å². The van der Waals surface area contributed by atoms with E-state index in [-0.39, 0.29) is 19.3 Å². The minimum atomic E-state index is -3.63. The van der Waals surface area contributed by atoms with E-state index in [1.54, 1.807) is 6.92 Å². The fourth-order valence-electron chi connectivity index (χ4n) is 3.40. The van der Waals surface area contributed by atoms with Gasteiger partial charge in [-0.05, 0) is 13.3 Å². The molecular formula is C14H18O9S. The topological polar surface area (TPSA) is 114 Å². The van der Waals surface area contributed by atoms with Crippen molar-refractivity contribution in [1.82, 2.24) is 0 Å². The second kappa shape index (κ2) is 6.10. The first-order valence-corrected chi connectivity index (χ1v) is 8.91. The van der Waals surface area contributed by atoms with Gasteiger partial charge in [-0.25, -0.2) is 9.59 Å². The van der Waals surface area contributed by atoms with E-state index in [1.165, 1.54) is 0 Å². The summed E-state index contributed by atoms with van der Waals surface area (Å²) in [5, 5.41) is -0.655. The van der Waals surface area contributed by atoms with E-state index in [0.717, 1.165) is 6.08 Å². The molecule has 0 saturated carbocycles. The van der Waals surface area contributed by atoms with Crippen LogP contribution in [-0.2, 0) is 42.8 Å². The number of rotatable bonds is 7. The highest BCUT2D eigenvalue weighted by atomic mass is 32.2. The lowest BCUT2D eigenvalue weighted by atomic mass is 9.85. The molecule has 3 rings (SSSR count). The molecule has 0 aromatic heterocycles. The molecule has 3 aliphatic heterocycles. The highest BCUT2D eigenvalue weighted by Crippen LogP contribution is 2.54. The molecule has 134 valence electrons. The molecule has 5 atom stereocenters. The molecule has 10 heteroatoms. The van der Waals surface area contributed by atoms with Crippen LogP contribution >= 0.6 is 0 Å². The lowest BCUT2D eigenvalue weighted by Gasteiger charge is -2.26. The van der Waals surface area contributed by atoms with Gasteiger partial charge in [-0.15, -0.1) is 0 Å². The summed E-state index contributed by atoms with van der Waals surface area (Å²) < 4.78 is 49.7. The largest absolute Gasteiger partial charge is 0.461 e. The lowest BCUT2D eigenvalue weighted by molar-refractivity contribution is -0.158. The van der Waals surface area contributed by atoms with Crippen molar-refractivity contribution in [2.45, 2.75) is 42.5 Å². The van der Waals surface area contributed by atoms with Crippen LogP contribution in [0.1, 0.15) is 13.3 Å². The normalized spacial score (nSPS) is 38.0. The van der Waals surface area contributed by atoms with Gasteiger partial charge >= 0.3 is 11.9 Å². The monoisotopic (exact) mass is 362 g/mol. The summed E-state index contributed by atoms with van der Waals surface area (Å²) in [6, 6.07) is 0. The molecule has 3 saturated heterocycles. The van der Waals surface area contributed by atoms with Crippen LogP contribution in [0.15, 0.2) is 12.7 Å². The molecule has 0 N–H and O–H groups in total. The molecule has 0 aromatic rings. The van der Waals surface area contributed by atoms with E-state index >= 15 is 0 Å². The maximum Gasteiger partial charge on any atom is 0.344 e. The predicted molar refractivity (Wildman–Crippen MR) is 77.3 cm³/mol. The smallest absolute Gasteiger partial charge is 0.344 e. The van der Waals surface area contributed by atoms with Gasteiger partial charge in [0, 0.05) is 6.08 Å². The Morgan fingerprint density at radius 1 is 1.33 bits per heavy atom. The van der Waals surface area contributed by atoms with Crippen LogP contribution in [0, 0.1) is 0 Å². The lowest BCUT2D eigenvalue weighted by Crippen LogP contribution is -2.47. The van der Waals surface area contributed by atoms with Crippen LogP contribution in [-0.4, -0.2) is 69.3 Å². The van der Waals surface area contributed by atoms with Gasteiger partial charge in [0.05, 0.1) is 12.7 Å². The third-order valence-electron chi connectivity index (χ3n) is 4.46. The van der Waals surface area contributed by atoms with Crippen molar-refractivity contribution >= 4 is 22.1 Å². The Hall–Kier alpha value is -1.49. The molecule has 0 radical (unpaired) electrons. The number of hydrogen-bond acceptors (Lipinski definition) is 9. The average molecular weight is 362 g/mol. The molecule has 0 aliphatic carbocycles. The Morgan fingerprint density at radius 2 is 2.08 bits per heavy atom. The summed E-state index contributed by atoms with van der Waals surface area (Å²) >= 11 is 0. The van der Waals surface area contributed by atoms with Gasteiger partial charge in [0.2, 0.25) is 0 Å². The highest BCUT2D eigenvalue weighted by molar-refractivity contribution is 7.87. The van der Waals surface area contributed by atoms with Gasteiger partial charge in [0.1, 0.15) is 29.7 Å². The Morgan fingerprint density at radius 3 is 2.79 bits per heavy atom. The van der Waals surface area contributed by atoms with Crippen molar-refractivity contribution in [1.29, 1.82) is 0 Å². The Balaban J connectivity index is 1.44. The van der Waals surface area contributed by atoms with Crippen LogP contribution in [0.3, 0.4) is 0 Å². The number of esters is 2. The van der Waals surface area contributed by atoms with E-state index in [2.05, 4.69) is 11.3 Å². The van der Waals surface area contributed by atoms with Crippen LogP contribution in [0.4, 0.5) is 0 Å². The fraction of sp³-hybridized carbons (Fsp3) is 0.714. The predicted octanol–water partition coefficient (Wildman–Crippen LogP) is -0.698. The molecule has 3 fully saturated rings. The average Bonchev–Trinajstić information content (AvgIpc) is 3.03. The summed E-state index contributed by atoms with van der Waals surface area (Å²) in [5.74, 6) is -1.44. The quantitative estimate of drug-likeness (QED) is 0.251. The van der Waals surface area contributed by atoms with Crippen LogP contribution in [0.2, 0.25) is 0 Å². The zero-order chi connectivity index (χ0) is 17.5. The number of carbonyl (C=O) groups is 2. The van der Waals surface area contributed by atoms with E-state index in [1.807, 2.05) is 0 Å². The minimum Gasteiger partial charge on any atom is -0.461 e. The van der Waals surface area contributed by atoms with Gasteiger partial charge in [-0.1, -0.05) is 6.58 Å². The molecule has 0 aromatic carbocycles. The van der Waals surface area contributed by atoms with Crippen LogP contribution in [0.25, 0.3) is 0 Å². The second-order valence-corrected chi connectivity index (χ2v) is 7.69. The Kier molecular flexibility index (Phi) is 4.41. The van der Waals surface area contributed by atoms with Gasteiger partial charge in [-0.3, -0.25) is 4.18 Å². The summed E-state index contributed by atoms with van der Waals surface area (Å²) in [7, 11) is -3.63. The van der Waals surface area contributed by atoms with Gasteiger partial charge in [0.25, 0.3) is 10.1 Å². The molecule has 0 amide bonds. The first-order valence-electron chi connectivity index (χ1n) is 7.44. The fourth-order valence-corrected chi connectivity index (χ4v) is 5.31. The van der Waals surface area contributed by atoms with Gasteiger partial charge in [-0.2, -0.15) is 8.42 Å². The van der Waals surface area contributed by atoms with Crippen molar-refractivity contribution in [3.8, 4) is 0 Å². The van der Waals surface area contributed by atoms with Crippen molar-refractivity contribution in [3.63, 3.8) is 0 Å². The maximum atomic E-state index is 11.9. The van der Waals surface area contributed by atoms with E-state index in [0.29, 0.717) is 6.42 Å². The summed E-state index contributed by atoms with van der Waals surface area (Å²) in [5.41, 5.74) is -0.885. The van der Waals surface area contributed by atoms with Gasteiger partial charge in [0.15, 0.2) is 6.61 Å². The first kappa shape index (κ1) is 17.3. The zero-order valence-electron chi connectivity index (χ0n) is 13.0. The van der Waals surface area contributed by atoms with Crippen LogP contribution < -0.4 is 0 Å². The Labute approximate surface area is 139 Å². The molecular weight excluding hydrogens is 344 g/mol. The minimum absolute atomic E-state index is 0.0479. The number of carbonyl (C=O) groups excluding carboxylic acids is 2. The van der Waals surface area contributed by atoms with Crippen molar-refractivity contribution < 1.29 is 41.1 Å². The van der Waals surface area contributed by atoms with Crippen molar-refractivity contribution in [3.05, 3.63) is 12.7 Å². The molecule has 3 aliphatic rings. The summed E-state index contributed by atoms with van der Waals surface area (Å²) in [6.07, 6.45) is -0.297. The zero-order valence-corrected chi connectivity index (χ0v) is 13.8. The van der Waals surface area contributed by atoms with Crippen molar-refractivity contribution in [2.24, 2.45) is 0 Å². The summed E-state index contributed by atoms with van der Waals surface area (Å²) in [6.45, 7) is 4.39. The molecule has 2 bridgehead atoms. The maximum absolute atomic E-state index is 11.9. The SMILES string of the molecule is C=CC(=O)OCC(=O)OCCOC1C2CC3C(C)(O2)C1OS3(=O)=O. The number of fused-ring (bicyclic) bond motifs is 1. The second-order valence-electron chi connectivity index (χ2n) is 5.94. The molecule has 3 heterocycles. The van der Waals surface area contributed by atoms with E-state index < -0.39 is 51.7 Å². The van der Waals surface area contributed by atoms with E-state index in [9.17, 15) is 18.0 Å². The number of hydrogen-bond donors (Lipinski definition) is 0. The third-order valence-corrected chi connectivity index (χ3v) is 6.30.